The second-order valence-corrected chi connectivity index (χ2v) is 2.48. The van der Waals surface area contributed by atoms with Gasteiger partial charge in [0, 0.05) is 11.6 Å². The average Bonchev–Trinajstić information content (AvgIpc) is 2.30. The molecule has 0 N–H and O–H groups in total. The number of rotatable bonds is 0. The standard InChI is InChI=1S/C7H5NS/c1-2-6-3-5-9-7(6)8-4-1/h1-5H/i3D,5D. The summed E-state index contributed by atoms with van der Waals surface area (Å²) in [7, 11) is 0. The quantitative estimate of drug-likeness (QED) is 0.543. The van der Waals surface area contributed by atoms with E-state index in [1.807, 2.05) is 6.07 Å². The molecule has 0 aliphatic carbocycles. The van der Waals surface area contributed by atoms with E-state index in [1.54, 1.807) is 12.3 Å². The molecule has 0 atom stereocenters. The molecular formula is C7H5NS. The summed E-state index contributed by atoms with van der Waals surface area (Å²) >= 11 is 1.25. The SMILES string of the molecule is [2H]c1sc2ncccc2c1[2H]. The third kappa shape index (κ3) is 0.715. The van der Waals surface area contributed by atoms with E-state index in [-0.39, 0.29) is 6.04 Å². The van der Waals surface area contributed by atoms with Crippen molar-refractivity contribution >= 4 is 21.6 Å². The second kappa shape index (κ2) is 1.81. The molecular weight excluding hydrogens is 130 g/mol. The number of aromatic nitrogens is 1. The van der Waals surface area contributed by atoms with Crippen LogP contribution in [0.1, 0.15) is 2.74 Å². The van der Waals surface area contributed by atoms with Crippen molar-refractivity contribution in [1.82, 2.24) is 4.98 Å². The molecule has 0 amide bonds. The van der Waals surface area contributed by atoms with Crippen LogP contribution in [-0.2, 0) is 0 Å². The molecule has 0 aliphatic rings. The Balaban J connectivity index is 2.92. The van der Waals surface area contributed by atoms with Gasteiger partial charge in [0.1, 0.15) is 4.83 Å². The molecule has 2 aromatic heterocycles. The maximum atomic E-state index is 7.45. The van der Waals surface area contributed by atoms with Crippen LogP contribution in [-0.4, -0.2) is 4.98 Å². The molecule has 44 valence electrons. The number of nitrogens with zero attached hydrogens (tertiary/aromatic N) is 1. The van der Waals surface area contributed by atoms with Crippen LogP contribution in [0.15, 0.2) is 29.7 Å². The smallest absolute Gasteiger partial charge is 0.123 e. The van der Waals surface area contributed by atoms with Gasteiger partial charge in [0.15, 0.2) is 0 Å². The van der Waals surface area contributed by atoms with Gasteiger partial charge in [0.25, 0.3) is 0 Å². The second-order valence-electron chi connectivity index (χ2n) is 1.69. The van der Waals surface area contributed by atoms with E-state index in [4.69, 9.17) is 2.74 Å². The number of fused-ring (bicyclic) bond motifs is 1. The monoisotopic (exact) mass is 137 g/mol. The number of thiophene rings is 1. The molecule has 1 nitrogen and oxygen atoms in total. The first-order valence-electron chi connectivity index (χ1n) is 3.60. The zero-order valence-corrected chi connectivity index (χ0v) is 5.40. The normalized spacial score (nSPS) is 13.3. The first-order chi connectivity index (χ1) is 5.29. The van der Waals surface area contributed by atoms with E-state index in [2.05, 4.69) is 4.98 Å². The van der Waals surface area contributed by atoms with Crippen molar-refractivity contribution in [3.8, 4) is 0 Å². The van der Waals surface area contributed by atoms with Crippen LogP contribution in [0.2, 0.25) is 0 Å². The first-order valence-corrected chi connectivity index (χ1v) is 3.41. The van der Waals surface area contributed by atoms with E-state index in [9.17, 15) is 0 Å². The van der Waals surface area contributed by atoms with Crippen molar-refractivity contribution in [2.24, 2.45) is 0 Å². The van der Waals surface area contributed by atoms with Crippen LogP contribution in [0, 0.1) is 0 Å². The van der Waals surface area contributed by atoms with Crippen LogP contribution in [0.5, 0.6) is 0 Å². The predicted octanol–water partition coefficient (Wildman–Crippen LogP) is 2.30. The van der Waals surface area contributed by atoms with Gasteiger partial charge < -0.3 is 0 Å². The van der Waals surface area contributed by atoms with E-state index < -0.39 is 0 Å². The molecule has 2 rings (SSSR count). The lowest BCUT2D eigenvalue weighted by Gasteiger charge is -1.81. The topological polar surface area (TPSA) is 12.9 Å². The summed E-state index contributed by atoms with van der Waals surface area (Å²) in [5, 5.41) is 1.07. The number of hydrogen-bond acceptors (Lipinski definition) is 2. The van der Waals surface area contributed by atoms with E-state index in [0.29, 0.717) is 5.36 Å². The molecule has 0 unspecified atom stereocenters. The van der Waals surface area contributed by atoms with Gasteiger partial charge in [-0.2, -0.15) is 0 Å². The highest BCUT2D eigenvalue weighted by Gasteiger charge is 1.89. The largest absolute Gasteiger partial charge is 0.245 e. The molecule has 0 aromatic carbocycles. The summed E-state index contributed by atoms with van der Waals surface area (Å²) in [6.45, 7) is 0. The fourth-order valence-corrected chi connectivity index (χ4v) is 1.30. The Morgan fingerprint density at radius 1 is 1.67 bits per heavy atom. The molecule has 9 heavy (non-hydrogen) atoms. The third-order valence-corrected chi connectivity index (χ3v) is 1.83. The summed E-state index contributed by atoms with van der Waals surface area (Å²) in [5.41, 5.74) is 0. The van der Waals surface area contributed by atoms with Crippen LogP contribution in [0.25, 0.3) is 10.2 Å². The Labute approximate surface area is 59.8 Å². The van der Waals surface area contributed by atoms with Gasteiger partial charge >= 0.3 is 0 Å². The summed E-state index contributed by atoms with van der Waals surface area (Å²) in [4.78, 5) is 4.82. The average molecular weight is 137 g/mol. The molecule has 0 fully saturated rings. The molecule has 0 spiro atoms. The van der Waals surface area contributed by atoms with Crippen molar-refractivity contribution in [1.29, 1.82) is 0 Å². The molecule has 2 heteroatoms. The van der Waals surface area contributed by atoms with Gasteiger partial charge in [-0.1, -0.05) is 6.07 Å². The molecule has 2 aromatic rings. The van der Waals surface area contributed by atoms with Gasteiger partial charge in [-0.15, -0.1) is 11.3 Å². The highest BCUT2D eigenvalue weighted by Crippen LogP contribution is 2.15. The summed E-state index contributed by atoms with van der Waals surface area (Å²) in [6.07, 6.45) is 1.68. The summed E-state index contributed by atoms with van der Waals surface area (Å²) in [6, 6.07) is 3.89. The van der Waals surface area contributed by atoms with Crippen molar-refractivity contribution in [2.45, 2.75) is 0 Å². The van der Waals surface area contributed by atoms with Crippen LogP contribution in [0.4, 0.5) is 0 Å². The minimum Gasteiger partial charge on any atom is -0.245 e. The van der Waals surface area contributed by atoms with E-state index >= 15 is 0 Å². The Hall–Kier alpha value is -0.890. The molecule has 0 radical (unpaired) electrons. The lowest BCUT2D eigenvalue weighted by Crippen LogP contribution is -1.65. The molecule has 0 aliphatic heterocycles. The Bertz CT molecular complexity index is 396. The lowest BCUT2D eigenvalue weighted by molar-refractivity contribution is 1.45. The maximum Gasteiger partial charge on any atom is 0.123 e. The van der Waals surface area contributed by atoms with Gasteiger partial charge in [0.05, 0.1) is 2.74 Å². The van der Waals surface area contributed by atoms with Gasteiger partial charge in [0.2, 0.25) is 0 Å². The fourth-order valence-electron chi connectivity index (χ4n) is 0.696. The minimum absolute atomic E-state index is 0.290. The van der Waals surface area contributed by atoms with Gasteiger partial charge in [-0.3, -0.25) is 0 Å². The zero-order chi connectivity index (χ0) is 7.84. The third-order valence-electron chi connectivity index (χ3n) is 1.10. The highest BCUT2D eigenvalue weighted by molar-refractivity contribution is 7.16. The Kier molecular flexibility index (Phi) is 0.668. The lowest BCUT2D eigenvalue weighted by atomic mass is 10.4. The van der Waals surface area contributed by atoms with Crippen LogP contribution in [0.3, 0.4) is 0 Å². The molecule has 0 saturated carbocycles. The van der Waals surface area contributed by atoms with E-state index in [0.717, 1.165) is 10.2 Å². The van der Waals surface area contributed by atoms with Gasteiger partial charge in [-0.05, 0) is 17.5 Å². The Morgan fingerprint density at radius 3 is 3.56 bits per heavy atom. The number of hydrogen-bond donors (Lipinski definition) is 0. The Morgan fingerprint density at radius 2 is 2.67 bits per heavy atom. The van der Waals surface area contributed by atoms with Crippen molar-refractivity contribution in [3.63, 3.8) is 0 Å². The van der Waals surface area contributed by atoms with Crippen LogP contribution >= 0.6 is 11.3 Å². The first kappa shape index (κ1) is 3.32. The van der Waals surface area contributed by atoms with E-state index in [1.165, 1.54) is 11.3 Å². The fraction of sp³-hybridized carbons (Fsp3) is 0. The minimum atomic E-state index is 0.290. The zero-order valence-electron chi connectivity index (χ0n) is 6.59. The summed E-state index contributed by atoms with van der Waals surface area (Å²) < 4.78 is 14.8. The number of pyridine rings is 1. The molecule has 0 saturated heterocycles. The molecule has 2 heterocycles. The van der Waals surface area contributed by atoms with Crippen molar-refractivity contribution in [3.05, 3.63) is 29.7 Å². The van der Waals surface area contributed by atoms with Crippen molar-refractivity contribution in [2.75, 3.05) is 0 Å². The maximum absolute atomic E-state index is 7.45. The van der Waals surface area contributed by atoms with Crippen LogP contribution < -0.4 is 0 Å². The van der Waals surface area contributed by atoms with Crippen molar-refractivity contribution < 1.29 is 2.74 Å². The molecule has 0 bridgehead atoms. The summed E-state index contributed by atoms with van der Waals surface area (Å²) in [5.74, 6) is 0. The van der Waals surface area contributed by atoms with Gasteiger partial charge in [-0.25, -0.2) is 4.98 Å². The highest BCUT2D eigenvalue weighted by atomic mass is 32.1. The predicted molar refractivity (Wildman–Crippen MR) is 39.6 cm³/mol.